The van der Waals surface area contributed by atoms with Crippen LogP contribution in [0.15, 0.2) is 18.2 Å². The zero-order valence-electron chi connectivity index (χ0n) is 7.41. The Morgan fingerprint density at radius 3 is 2.69 bits per heavy atom. The number of rotatable bonds is 4. The van der Waals surface area contributed by atoms with Crippen molar-refractivity contribution in [3.8, 4) is 0 Å². The van der Waals surface area contributed by atoms with Gasteiger partial charge in [-0.05, 0) is 24.1 Å². The lowest BCUT2D eigenvalue weighted by atomic mass is 10.1. The summed E-state index contributed by atoms with van der Waals surface area (Å²) in [7, 11) is 0. The van der Waals surface area contributed by atoms with Crippen molar-refractivity contribution in [3.05, 3.63) is 34.9 Å². The van der Waals surface area contributed by atoms with Gasteiger partial charge < -0.3 is 5.32 Å². The van der Waals surface area contributed by atoms with Gasteiger partial charge >= 0.3 is 0 Å². The van der Waals surface area contributed by atoms with Crippen molar-refractivity contribution in [3.63, 3.8) is 0 Å². The van der Waals surface area contributed by atoms with Crippen LogP contribution in [0.5, 0.6) is 0 Å². The summed E-state index contributed by atoms with van der Waals surface area (Å²) in [4.78, 5) is 20.5. The van der Waals surface area contributed by atoms with Gasteiger partial charge in [0.15, 0.2) is 0 Å². The highest BCUT2D eigenvalue weighted by Crippen LogP contribution is 2.09. The Morgan fingerprint density at radius 1 is 1.38 bits per heavy atom. The highest BCUT2D eigenvalue weighted by atomic mass is 16.1. The van der Waals surface area contributed by atoms with E-state index in [9.17, 15) is 9.59 Å². The van der Waals surface area contributed by atoms with Crippen molar-refractivity contribution in [1.29, 1.82) is 0 Å². The van der Waals surface area contributed by atoms with E-state index in [0.29, 0.717) is 18.5 Å². The molecule has 3 nitrogen and oxygen atoms in total. The quantitative estimate of drug-likeness (QED) is 0.699. The van der Waals surface area contributed by atoms with Gasteiger partial charge in [0.05, 0.1) is 0 Å². The van der Waals surface area contributed by atoms with E-state index in [-0.39, 0.29) is 0 Å². The predicted molar refractivity (Wildman–Crippen MR) is 49.5 cm³/mol. The molecule has 0 unspecified atom stereocenters. The lowest BCUT2D eigenvalue weighted by Crippen LogP contribution is -2.10. The normalized spacial score (nSPS) is 9.31. The maximum atomic E-state index is 10.4. The fourth-order valence-corrected chi connectivity index (χ4v) is 1.14. The molecule has 0 aliphatic carbocycles. The molecule has 13 heavy (non-hydrogen) atoms. The molecule has 0 bridgehead atoms. The van der Waals surface area contributed by atoms with E-state index >= 15 is 0 Å². The number of amides is 1. The first-order valence-electron chi connectivity index (χ1n) is 3.99. The molecule has 0 radical (unpaired) electrons. The van der Waals surface area contributed by atoms with Crippen LogP contribution in [0, 0.1) is 6.92 Å². The van der Waals surface area contributed by atoms with E-state index in [1.807, 2.05) is 13.0 Å². The molecule has 0 spiro atoms. The zero-order valence-corrected chi connectivity index (χ0v) is 7.41. The number of hydrogen-bond donors (Lipinski definition) is 1. The Kier molecular flexibility index (Phi) is 3.20. The highest BCUT2D eigenvalue weighted by Gasteiger charge is 1.98. The van der Waals surface area contributed by atoms with Crippen molar-refractivity contribution in [2.75, 3.05) is 0 Å². The first kappa shape index (κ1) is 9.45. The number of aryl methyl sites for hydroxylation is 1. The molecule has 0 saturated carbocycles. The summed E-state index contributed by atoms with van der Waals surface area (Å²) in [5.41, 5.74) is 2.70. The lowest BCUT2D eigenvalue weighted by molar-refractivity contribution is -0.109. The van der Waals surface area contributed by atoms with E-state index in [4.69, 9.17) is 0 Å². The molecule has 68 valence electrons. The maximum absolute atomic E-state index is 10.4. The molecule has 1 aromatic rings. The molecule has 0 aliphatic rings. The van der Waals surface area contributed by atoms with Crippen molar-refractivity contribution in [2.45, 2.75) is 13.5 Å². The smallest absolute Gasteiger partial charge is 0.207 e. The summed E-state index contributed by atoms with van der Waals surface area (Å²) in [5, 5.41) is 2.57. The summed E-state index contributed by atoms with van der Waals surface area (Å²) in [6.07, 6.45) is 1.47. The average molecular weight is 177 g/mol. The van der Waals surface area contributed by atoms with Gasteiger partial charge in [0.2, 0.25) is 6.41 Å². The number of nitrogens with one attached hydrogen (secondary N) is 1. The van der Waals surface area contributed by atoms with Gasteiger partial charge in [-0.15, -0.1) is 0 Å². The first-order valence-corrected chi connectivity index (χ1v) is 3.99. The van der Waals surface area contributed by atoms with Gasteiger partial charge in [0.1, 0.15) is 6.29 Å². The fraction of sp³-hybridized carbons (Fsp3) is 0.200. The van der Waals surface area contributed by atoms with Crippen LogP contribution < -0.4 is 5.32 Å². The highest BCUT2D eigenvalue weighted by molar-refractivity contribution is 5.75. The van der Waals surface area contributed by atoms with E-state index in [1.165, 1.54) is 0 Å². The molecule has 0 saturated heterocycles. The molecule has 0 atom stereocenters. The molecule has 0 aromatic heterocycles. The third kappa shape index (κ3) is 2.40. The van der Waals surface area contributed by atoms with Crippen LogP contribution in [-0.4, -0.2) is 12.7 Å². The summed E-state index contributed by atoms with van der Waals surface area (Å²) >= 11 is 0. The van der Waals surface area contributed by atoms with Gasteiger partial charge in [0, 0.05) is 12.1 Å². The van der Waals surface area contributed by atoms with Crippen molar-refractivity contribution >= 4 is 12.7 Å². The molecule has 1 N–H and O–H groups in total. The summed E-state index contributed by atoms with van der Waals surface area (Å²) in [6.45, 7) is 2.42. The minimum Gasteiger partial charge on any atom is -0.355 e. The lowest BCUT2D eigenvalue weighted by Gasteiger charge is -2.04. The number of carbonyl (C=O) groups excluding carboxylic acids is 2. The van der Waals surface area contributed by atoms with E-state index in [0.717, 1.165) is 17.4 Å². The van der Waals surface area contributed by atoms with Gasteiger partial charge in [-0.2, -0.15) is 0 Å². The van der Waals surface area contributed by atoms with Crippen molar-refractivity contribution in [1.82, 2.24) is 5.32 Å². The van der Waals surface area contributed by atoms with Crippen LogP contribution in [0.1, 0.15) is 21.5 Å². The standard InChI is InChI=1S/C10H11NO2/c1-8-4-9(6-12)2-3-10(8)5-11-7-13/h2-4,6-7H,5H2,1H3,(H,11,13). The summed E-state index contributed by atoms with van der Waals surface area (Å²) < 4.78 is 0. The topological polar surface area (TPSA) is 46.2 Å². The predicted octanol–water partition coefficient (Wildman–Crippen LogP) is 1.05. The monoisotopic (exact) mass is 177 g/mol. The van der Waals surface area contributed by atoms with Crippen LogP contribution in [0.2, 0.25) is 0 Å². The largest absolute Gasteiger partial charge is 0.355 e. The number of carbonyl (C=O) groups is 2. The second-order valence-electron chi connectivity index (χ2n) is 2.80. The molecule has 0 fully saturated rings. The summed E-state index contributed by atoms with van der Waals surface area (Å²) in [5.74, 6) is 0. The van der Waals surface area contributed by atoms with Gasteiger partial charge in [-0.1, -0.05) is 12.1 Å². The Hall–Kier alpha value is -1.64. The van der Waals surface area contributed by atoms with Gasteiger partial charge in [-0.3, -0.25) is 9.59 Å². The van der Waals surface area contributed by atoms with E-state index < -0.39 is 0 Å². The number of aldehydes is 1. The molecular weight excluding hydrogens is 166 g/mol. The van der Waals surface area contributed by atoms with Crippen LogP contribution in [-0.2, 0) is 11.3 Å². The second kappa shape index (κ2) is 4.40. The number of hydrogen-bond acceptors (Lipinski definition) is 2. The van der Waals surface area contributed by atoms with Crippen LogP contribution in [0.4, 0.5) is 0 Å². The minimum atomic E-state index is 0.508. The van der Waals surface area contributed by atoms with Gasteiger partial charge in [-0.25, -0.2) is 0 Å². The van der Waals surface area contributed by atoms with Crippen LogP contribution in [0.3, 0.4) is 0 Å². The third-order valence-corrected chi connectivity index (χ3v) is 1.88. The molecule has 0 aliphatic heterocycles. The van der Waals surface area contributed by atoms with Crippen molar-refractivity contribution in [2.24, 2.45) is 0 Å². The maximum Gasteiger partial charge on any atom is 0.207 e. The molecule has 3 heteroatoms. The van der Waals surface area contributed by atoms with E-state index in [1.54, 1.807) is 12.1 Å². The Morgan fingerprint density at radius 2 is 2.15 bits per heavy atom. The minimum absolute atomic E-state index is 0.508. The van der Waals surface area contributed by atoms with Crippen LogP contribution in [0.25, 0.3) is 0 Å². The molecule has 1 rings (SSSR count). The number of benzene rings is 1. The molecule has 0 heterocycles. The molecular formula is C10H11NO2. The van der Waals surface area contributed by atoms with Crippen LogP contribution >= 0.6 is 0 Å². The molecule has 1 aromatic carbocycles. The van der Waals surface area contributed by atoms with Crippen molar-refractivity contribution < 1.29 is 9.59 Å². The Labute approximate surface area is 76.8 Å². The zero-order chi connectivity index (χ0) is 9.68. The van der Waals surface area contributed by atoms with Gasteiger partial charge in [0.25, 0.3) is 0 Å². The first-order chi connectivity index (χ1) is 6.27. The molecule has 1 amide bonds. The third-order valence-electron chi connectivity index (χ3n) is 1.88. The fourth-order valence-electron chi connectivity index (χ4n) is 1.14. The average Bonchev–Trinajstić information content (AvgIpc) is 2.16. The Balaban J connectivity index is 2.84. The SMILES string of the molecule is Cc1cc(C=O)ccc1CNC=O. The Bertz CT molecular complexity index is 321. The summed E-state index contributed by atoms with van der Waals surface area (Å²) in [6, 6.07) is 5.38. The van der Waals surface area contributed by atoms with E-state index in [2.05, 4.69) is 5.32 Å². The second-order valence-corrected chi connectivity index (χ2v) is 2.80.